The maximum atomic E-state index is 12.0. The highest BCUT2D eigenvalue weighted by Crippen LogP contribution is 2.24. The van der Waals surface area contributed by atoms with Gasteiger partial charge in [0, 0.05) is 19.3 Å². The van der Waals surface area contributed by atoms with Crippen molar-refractivity contribution in [3.05, 3.63) is 23.9 Å². The summed E-state index contributed by atoms with van der Waals surface area (Å²) in [5, 5.41) is 3.41. The number of hydrogen-bond acceptors (Lipinski definition) is 5. The van der Waals surface area contributed by atoms with Crippen molar-refractivity contribution in [3.8, 4) is 0 Å². The number of carbonyl (C=O) groups excluding carboxylic acids is 1. The summed E-state index contributed by atoms with van der Waals surface area (Å²) in [5.74, 6) is 1.20. The molecule has 0 radical (unpaired) electrons. The van der Waals surface area contributed by atoms with E-state index >= 15 is 0 Å². The van der Waals surface area contributed by atoms with Gasteiger partial charge in [-0.25, -0.2) is 9.78 Å². The summed E-state index contributed by atoms with van der Waals surface area (Å²) in [4.78, 5) is 18.6. The highest BCUT2D eigenvalue weighted by Gasteiger charge is 2.23. The number of anilines is 1. The molecule has 1 aliphatic heterocycles. The Morgan fingerprint density at radius 1 is 1.43 bits per heavy atom. The van der Waals surface area contributed by atoms with Crippen LogP contribution >= 0.6 is 0 Å². The maximum Gasteiger partial charge on any atom is 0.341 e. The average Bonchev–Trinajstić information content (AvgIpc) is 2.53. The predicted molar refractivity (Wildman–Crippen MR) is 83.7 cm³/mol. The Bertz CT molecular complexity index is 457. The first kappa shape index (κ1) is 15.8. The van der Waals surface area contributed by atoms with Crippen LogP contribution in [0, 0.1) is 5.92 Å². The topological polar surface area (TPSA) is 54.5 Å². The summed E-state index contributed by atoms with van der Waals surface area (Å²) in [6.07, 6.45) is 4.00. The van der Waals surface area contributed by atoms with Crippen LogP contribution in [0.4, 0.5) is 5.82 Å². The van der Waals surface area contributed by atoms with Crippen LogP contribution in [0.25, 0.3) is 0 Å². The number of ether oxygens (including phenoxy) is 1. The molecule has 2 rings (SSSR count). The number of esters is 1. The Labute approximate surface area is 126 Å². The summed E-state index contributed by atoms with van der Waals surface area (Å²) >= 11 is 0. The first-order valence-corrected chi connectivity index (χ1v) is 7.84. The molecule has 2 heterocycles. The standard InChI is InChI=1S/C16H25N3O2/c1-3-17-12-13-7-10-19(11-8-13)15-14(6-5-9-18-15)16(20)21-4-2/h5-6,9,13,17H,3-4,7-8,10-12H2,1-2H3. The molecule has 116 valence electrons. The molecule has 21 heavy (non-hydrogen) atoms. The number of nitrogens with one attached hydrogen (secondary N) is 1. The fourth-order valence-corrected chi connectivity index (χ4v) is 2.71. The van der Waals surface area contributed by atoms with Gasteiger partial charge in [-0.3, -0.25) is 0 Å². The Hall–Kier alpha value is -1.62. The molecule has 1 saturated heterocycles. The SMILES string of the molecule is CCNCC1CCN(c2ncccc2C(=O)OCC)CC1. The quantitative estimate of drug-likeness (QED) is 0.813. The Kier molecular flexibility index (Phi) is 5.99. The van der Waals surface area contributed by atoms with Crippen molar-refractivity contribution in [2.45, 2.75) is 26.7 Å². The second-order valence-corrected chi connectivity index (χ2v) is 5.33. The number of piperidine rings is 1. The number of aromatic nitrogens is 1. The number of carbonyl (C=O) groups is 1. The summed E-state index contributed by atoms with van der Waals surface area (Å²) in [6, 6.07) is 3.58. The molecule has 1 fully saturated rings. The van der Waals surface area contributed by atoms with Crippen molar-refractivity contribution in [3.63, 3.8) is 0 Å². The first-order chi connectivity index (χ1) is 10.3. The normalized spacial score (nSPS) is 16.0. The minimum absolute atomic E-state index is 0.282. The van der Waals surface area contributed by atoms with Crippen molar-refractivity contribution in [2.75, 3.05) is 37.7 Å². The fraction of sp³-hybridized carbons (Fsp3) is 0.625. The van der Waals surface area contributed by atoms with Gasteiger partial charge in [0.15, 0.2) is 0 Å². The number of pyridine rings is 1. The van der Waals surface area contributed by atoms with E-state index in [1.54, 1.807) is 18.3 Å². The zero-order valence-electron chi connectivity index (χ0n) is 13.0. The van der Waals surface area contributed by atoms with E-state index in [2.05, 4.69) is 22.1 Å². The van der Waals surface area contributed by atoms with Gasteiger partial charge in [0.2, 0.25) is 0 Å². The third kappa shape index (κ3) is 4.17. The van der Waals surface area contributed by atoms with Crippen LogP contribution in [0.5, 0.6) is 0 Å². The minimum atomic E-state index is -0.282. The van der Waals surface area contributed by atoms with Gasteiger partial charge in [0.1, 0.15) is 11.4 Å². The molecule has 1 N–H and O–H groups in total. The van der Waals surface area contributed by atoms with Gasteiger partial charge < -0.3 is 15.0 Å². The lowest BCUT2D eigenvalue weighted by Gasteiger charge is -2.33. The second kappa shape index (κ2) is 7.98. The monoisotopic (exact) mass is 291 g/mol. The zero-order valence-corrected chi connectivity index (χ0v) is 13.0. The summed E-state index contributed by atoms with van der Waals surface area (Å²) in [6.45, 7) is 8.33. The van der Waals surface area contributed by atoms with E-state index in [9.17, 15) is 4.79 Å². The lowest BCUT2D eigenvalue weighted by molar-refractivity contribution is 0.0526. The van der Waals surface area contributed by atoms with Crippen LogP contribution in [0.15, 0.2) is 18.3 Å². The molecule has 1 aromatic rings. The van der Waals surface area contributed by atoms with Crippen LogP contribution in [-0.4, -0.2) is 43.7 Å². The molecule has 0 unspecified atom stereocenters. The molecule has 0 atom stereocenters. The number of nitrogens with zero attached hydrogens (tertiary/aromatic N) is 2. The van der Waals surface area contributed by atoms with Crippen LogP contribution in [0.1, 0.15) is 37.0 Å². The van der Waals surface area contributed by atoms with Crippen molar-refractivity contribution in [1.82, 2.24) is 10.3 Å². The van der Waals surface area contributed by atoms with E-state index in [0.717, 1.165) is 50.8 Å². The van der Waals surface area contributed by atoms with E-state index in [4.69, 9.17) is 4.74 Å². The largest absolute Gasteiger partial charge is 0.462 e. The Balaban J connectivity index is 2.01. The summed E-state index contributed by atoms with van der Waals surface area (Å²) in [5.41, 5.74) is 0.574. The van der Waals surface area contributed by atoms with Crippen molar-refractivity contribution in [1.29, 1.82) is 0 Å². The number of rotatable bonds is 6. The molecule has 0 aromatic carbocycles. The Morgan fingerprint density at radius 2 is 2.19 bits per heavy atom. The van der Waals surface area contributed by atoms with Crippen LogP contribution in [0.3, 0.4) is 0 Å². The highest BCUT2D eigenvalue weighted by molar-refractivity contribution is 5.94. The second-order valence-electron chi connectivity index (χ2n) is 5.33. The van der Waals surface area contributed by atoms with E-state index in [1.165, 1.54) is 0 Å². The van der Waals surface area contributed by atoms with E-state index in [0.29, 0.717) is 12.2 Å². The number of hydrogen-bond donors (Lipinski definition) is 1. The van der Waals surface area contributed by atoms with Crippen molar-refractivity contribution < 1.29 is 9.53 Å². The maximum absolute atomic E-state index is 12.0. The summed E-state index contributed by atoms with van der Waals surface area (Å²) in [7, 11) is 0. The molecule has 0 aliphatic carbocycles. The van der Waals surface area contributed by atoms with Crippen molar-refractivity contribution in [2.24, 2.45) is 5.92 Å². The molecule has 5 nitrogen and oxygen atoms in total. The van der Waals surface area contributed by atoms with Crippen molar-refractivity contribution >= 4 is 11.8 Å². The van der Waals surface area contributed by atoms with Crippen LogP contribution in [0.2, 0.25) is 0 Å². The average molecular weight is 291 g/mol. The smallest absolute Gasteiger partial charge is 0.341 e. The molecule has 1 aliphatic rings. The van der Waals surface area contributed by atoms with E-state index in [-0.39, 0.29) is 5.97 Å². The minimum Gasteiger partial charge on any atom is -0.462 e. The fourth-order valence-electron chi connectivity index (χ4n) is 2.71. The highest BCUT2D eigenvalue weighted by atomic mass is 16.5. The summed E-state index contributed by atoms with van der Waals surface area (Å²) < 4.78 is 5.12. The molecule has 0 bridgehead atoms. The lowest BCUT2D eigenvalue weighted by Crippen LogP contribution is -2.38. The van der Waals surface area contributed by atoms with Crippen LogP contribution in [-0.2, 0) is 4.74 Å². The van der Waals surface area contributed by atoms with Gasteiger partial charge >= 0.3 is 5.97 Å². The first-order valence-electron chi connectivity index (χ1n) is 7.84. The predicted octanol–water partition coefficient (Wildman–Crippen LogP) is 2.08. The molecule has 0 amide bonds. The van der Waals surface area contributed by atoms with Gasteiger partial charge in [-0.15, -0.1) is 0 Å². The van der Waals surface area contributed by atoms with Gasteiger partial charge in [-0.2, -0.15) is 0 Å². The van der Waals surface area contributed by atoms with Gasteiger partial charge in [0.05, 0.1) is 6.61 Å². The van der Waals surface area contributed by atoms with E-state index in [1.807, 2.05) is 6.92 Å². The lowest BCUT2D eigenvalue weighted by atomic mass is 9.96. The molecule has 1 aromatic heterocycles. The molecule has 5 heteroatoms. The molecular formula is C16H25N3O2. The zero-order chi connectivity index (χ0) is 15.1. The van der Waals surface area contributed by atoms with Gasteiger partial charge in [-0.1, -0.05) is 6.92 Å². The van der Waals surface area contributed by atoms with Gasteiger partial charge in [-0.05, 0) is 50.9 Å². The molecule has 0 saturated carbocycles. The third-order valence-electron chi connectivity index (χ3n) is 3.88. The molecular weight excluding hydrogens is 266 g/mol. The Morgan fingerprint density at radius 3 is 2.86 bits per heavy atom. The van der Waals surface area contributed by atoms with Gasteiger partial charge in [0.25, 0.3) is 0 Å². The third-order valence-corrected chi connectivity index (χ3v) is 3.88. The molecule has 0 spiro atoms. The van der Waals surface area contributed by atoms with E-state index < -0.39 is 0 Å². The van der Waals surface area contributed by atoms with Crippen LogP contribution < -0.4 is 10.2 Å².